The zero-order valence-electron chi connectivity index (χ0n) is 21.2. The molecule has 0 amide bonds. The van der Waals surface area contributed by atoms with Gasteiger partial charge in [-0.1, -0.05) is 56.0 Å². The molecule has 0 saturated heterocycles. The molecule has 0 N–H and O–H groups in total. The predicted molar refractivity (Wildman–Crippen MR) is 149 cm³/mol. The number of hydrogen-bond acceptors (Lipinski definition) is 1. The summed E-state index contributed by atoms with van der Waals surface area (Å²) in [6.45, 7) is 14.5. The predicted octanol–water partition coefficient (Wildman–Crippen LogP) is 8.66. The Balaban J connectivity index is 1.73. The highest BCUT2D eigenvalue weighted by Crippen LogP contribution is 2.28. The largest absolute Gasteiger partial charge is 0.289 e. The van der Waals surface area contributed by atoms with E-state index in [2.05, 4.69) is 68.5 Å². The van der Waals surface area contributed by atoms with E-state index in [1.807, 2.05) is 43.4 Å². The monoisotopic (exact) mass is 458 g/mol. The molecule has 0 heterocycles. The third kappa shape index (κ3) is 7.07. The summed E-state index contributed by atoms with van der Waals surface area (Å²) in [6.07, 6.45) is 22.1. The molecule has 0 aromatic heterocycles. The van der Waals surface area contributed by atoms with Gasteiger partial charge in [0.15, 0.2) is 5.78 Å². The minimum atomic E-state index is 0.0595. The first-order chi connectivity index (χ1) is 16.9. The number of aryl methyl sites for hydroxylation is 3. The maximum absolute atomic E-state index is 12.9. The van der Waals surface area contributed by atoms with E-state index in [-0.39, 0.29) is 5.78 Å². The van der Waals surface area contributed by atoms with Crippen LogP contribution in [0.4, 0.5) is 0 Å². The van der Waals surface area contributed by atoms with Gasteiger partial charge in [0.2, 0.25) is 0 Å². The lowest BCUT2D eigenvalue weighted by Crippen LogP contribution is -2.01. The van der Waals surface area contributed by atoms with Crippen LogP contribution in [0.1, 0.15) is 59.7 Å². The quantitative estimate of drug-likeness (QED) is 0.157. The number of hydrogen-bond donors (Lipinski definition) is 0. The van der Waals surface area contributed by atoms with Gasteiger partial charge in [-0.15, -0.1) is 17.2 Å². The number of ketones is 1. The molecule has 1 aromatic rings. The Bertz CT molecular complexity index is 1330. The molecule has 0 atom stereocenters. The first-order valence-electron chi connectivity index (χ1n) is 12.3. The Hall–Kier alpha value is -3.85. The SMILES string of the molecule is C=C=C(C(=C)CC1=CC=CC=C=C1)C1=C=CCCC(C/C=C/C(=O)c2cc(C)c(CC)cc2C)=C1. The summed E-state index contributed by atoms with van der Waals surface area (Å²) in [7, 11) is 0. The van der Waals surface area contributed by atoms with Crippen LogP contribution in [-0.2, 0) is 6.42 Å². The molecule has 0 bridgehead atoms. The molecule has 0 radical (unpaired) electrons. The summed E-state index contributed by atoms with van der Waals surface area (Å²) in [4.78, 5) is 12.9. The van der Waals surface area contributed by atoms with Crippen molar-refractivity contribution in [2.45, 2.75) is 52.9 Å². The van der Waals surface area contributed by atoms with E-state index in [0.717, 1.165) is 59.1 Å². The van der Waals surface area contributed by atoms with Gasteiger partial charge in [0.1, 0.15) is 0 Å². The highest BCUT2D eigenvalue weighted by Gasteiger charge is 2.12. The highest BCUT2D eigenvalue weighted by molar-refractivity contribution is 6.05. The molecule has 1 aromatic carbocycles. The molecule has 0 unspecified atom stereocenters. The van der Waals surface area contributed by atoms with E-state index < -0.39 is 0 Å². The molecule has 0 aliphatic heterocycles. The second kappa shape index (κ2) is 12.6. The van der Waals surface area contributed by atoms with Gasteiger partial charge in [0, 0.05) is 16.7 Å². The molecule has 35 heavy (non-hydrogen) atoms. The first-order valence-corrected chi connectivity index (χ1v) is 12.3. The Labute approximate surface area is 210 Å². The zero-order chi connectivity index (χ0) is 25.2. The van der Waals surface area contributed by atoms with E-state index in [1.54, 1.807) is 6.08 Å². The maximum atomic E-state index is 12.9. The highest BCUT2D eigenvalue weighted by atomic mass is 16.1. The van der Waals surface area contributed by atoms with Gasteiger partial charge in [-0.2, -0.15) is 0 Å². The fourth-order valence-corrected chi connectivity index (χ4v) is 4.34. The molecule has 2 aliphatic carbocycles. The molecule has 3 rings (SSSR count). The summed E-state index contributed by atoms with van der Waals surface area (Å²) >= 11 is 0. The van der Waals surface area contributed by atoms with Crippen molar-refractivity contribution in [2.75, 3.05) is 0 Å². The van der Waals surface area contributed by atoms with Crippen molar-refractivity contribution in [3.63, 3.8) is 0 Å². The lowest BCUT2D eigenvalue weighted by Gasteiger charge is -2.10. The summed E-state index contributed by atoms with van der Waals surface area (Å²) in [5.41, 5.74) is 19.1. The van der Waals surface area contributed by atoms with Crippen molar-refractivity contribution in [1.82, 2.24) is 0 Å². The Kier molecular flexibility index (Phi) is 9.25. The van der Waals surface area contributed by atoms with E-state index >= 15 is 0 Å². The van der Waals surface area contributed by atoms with Gasteiger partial charge >= 0.3 is 0 Å². The molecule has 176 valence electrons. The van der Waals surface area contributed by atoms with Gasteiger partial charge in [0.05, 0.1) is 0 Å². The van der Waals surface area contributed by atoms with Crippen LogP contribution in [0.25, 0.3) is 0 Å². The van der Waals surface area contributed by atoms with Gasteiger partial charge in [-0.25, -0.2) is 0 Å². The third-order valence-corrected chi connectivity index (χ3v) is 6.29. The molecular weight excluding hydrogens is 424 g/mol. The number of allylic oxidation sites excluding steroid dienone is 12. The second-order valence-electron chi connectivity index (χ2n) is 8.96. The molecule has 1 nitrogen and oxygen atoms in total. The van der Waals surface area contributed by atoms with Gasteiger partial charge in [-0.05, 0) is 110 Å². The minimum Gasteiger partial charge on any atom is -0.289 e. The summed E-state index contributed by atoms with van der Waals surface area (Å²) in [6, 6.07) is 4.16. The number of benzene rings is 1. The molecule has 2 aliphatic rings. The minimum absolute atomic E-state index is 0.0595. The van der Waals surface area contributed by atoms with Gasteiger partial charge in [-0.3, -0.25) is 4.79 Å². The molecule has 1 heteroatoms. The van der Waals surface area contributed by atoms with Crippen molar-refractivity contribution in [2.24, 2.45) is 0 Å². The van der Waals surface area contributed by atoms with E-state index in [9.17, 15) is 4.79 Å². The van der Waals surface area contributed by atoms with Crippen LogP contribution in [0, 0.1) is 13.8 Å². The summed E-state index contributed by atoms with van der Waals surface area (Å²) in [5, 5.41) is 0. The van der Waals surface area contributed by atoms with Crippen molar-refractivity contribution in [1.29, 1.82) is 0 Å². The average molecular weight is 459 g/mol. The fraction of sp³-hybridized carbons (Fsp3) is 0.235. The second-order valence-corrected chi connectivity index (χ2v) is 8.96. The van der Waals surface area contributed by atoms with Crippen molar-refractivity contribution in [3.8, 4) is 0 Å². The van der Waals surface area contributed by atoms with E-state index in [0.29, 0.717) is 6.42 Å². The Morgan fingerprint density at radius 2 is 2.03 bits per heavy atom. The van der Waals surface area contributed by atoms with Crippen LogP contribution in [0.3, 0.4) is 0 Å². The lowest BCUT2D eigenvalue weighted by molar-refractivity contribution is 0.104. The summed E-state index contributed by atoms with van der Waals surface area (Å²) in [5.74, 6) is 0.0595. The van der Waals surface area contributed by atoms with E-state index in [4.69, 9.17) is 0 Å². The average Bonchev–Trinajstić information content (AvgIpc) is 3.24. The smallest absolute Gasteiger partial charge is 0.185 e. The zero-order valence-corrected chi connectivity index (χ0v) is 21.2. The fourth-order valence-electron chi connectivity index (χ4n) is 4.34. The standard InChI is InChI=1S/C34H34O/c1-6-30-22-27(5)33(23-25(30)3)34(35)20-14-18-29-17-12-13-19-31(24-29)32(7-2)26(4)21-28-15-10-8-9-11-16-28/h8-10,13-16,20,22-24H,2,4,6,12,17-18,21H2,1,3,5H3/b20-14+. The topological polar surface area (TPSA) is 17.1 Å². The molecule has 0 saturated carbocycles. The van der Waals surface area contributed by atoms with Crippen LogP contribution in [0.15, 0.2) is 125 Å². The number of carbonyl (C=O) groups is 1. The maximum Gasteiger partial charge on any atom is 0.185 e. The van der Waals surface area contributed by atoms with Crippen LogP contribution < -0.4 is 0 Å². The number of carbonyl (C=O) groups excluding carboxylic acids is 1. The van der Waals surface area contributed by atoms with Gasteiger partial charge < -0.3 is 0 Å². The van der Waals surface area contributed by atoms with E-state index in [1.165, 1.54) is 16.7 Å². The Morgan fingerprint density at radius 3 is 2.80 bits per heavy atom. The number of rotatable bonds is 9. The Morgan fingerprint density at radius 1 is 1.20 bits per heavy atom. The normalized spacial score (nSPS) is 14.7. The van der Waals surface area contributed by atoms with Crippen LogP contribution in [-0.4, -0.2) is 5.78 Å². The lowest BCUT2D eigenvalue weighted by atomic mass is 9.93. The van der Waals surface area contributed by atoms with Crippen LogP contribution in [0.5, 0.6) is 0 Å². The molecular formula is C34H34O. The third-order valence-electron chi connectivity index (χ3n) is 6.29. The summed E-state index contributed by atoms with van der Waals surface area (Å²) < 4.78 is 0. The molecule has 0 fully saturated rings. The first kappa shape index (κ1) is 25.8. The van der Waals surface area contributed by atoms with Crippen molar-refractivity contribution in [3.05, 3.63) is 147 Å². The van der Waals surface area contributed by atoms with Crippen LogP contribution in [0.2, 0.25) is 0 Å². The van der Waals surface area contributed by atoms with Crippen molar-refractivity contribution < 1.29 is 4.79 Å². The van der Waals surface area contributed by atoms with Gasteiger partial charge in [0.25, 0.3) is 0 Å². The van der Waals surface area contributed by atoms with Crippen molar-refractivity contribution >= 4 is 5.78 Å². The molecule has 0 spiro atoms. The van der Waals surface area contributed by atoms with Crippen LogP contribution >= 0.6 is 0 Å².